The van der Waals surface area contributed by atoms with Crippen LogP contribution in [0.15, 0.2) is 68.8 Å². The zero-order valence-electron chi connectivity index (χ0n) is 22.4. The molecule has 0 radical (unpaired) electrons. The predicted octanol–water partition coefficient (Wildman–Crippen LogP) is 5.30. The van der Waals surface area contributed by atoms with Crippen LogP contribution < -0.4 is 10.9 Å². The lowest BCUT2D eigenvalue weighted by Gasteiger charge is -2.18. The minimum atomic E-state index is -4.64. The summed E-state index contributed by atoms with van der Waals surface area (Å²) >= 11 is 0. The van der Waals surface area contributed by atoms with Gasteiger partial charge in [-0.15, -0.1) is 0 Å². The summed E-state index contributed by atoms with van der Waals surface area (Å²) in [6, 6.07) is 11.8. The van der Waals surface area contributed by atoms with Crippen molar-refractivity contribution in [3.63, 3.8) is 0 Å². The molecule has 1 saturated carbocycles. The monoisotopic (exact) mass is 585 g/mol. The van der Waals surface area contributed by atoms with Crippen LogP contribution in [-0.2, 0) is 22.6 Å². The lowest BCUT2D eigenvalue weighted by atomic mass is 9.99. The number of amides is 1. The maximum absolute atomic E-state index is 13.6. The van der Waals surface area contributed by atoms with E-state index >= 15 is 0 Å². The molecule has 0 bridgehead atoms. The molecule has 1 amide bonds. The molecule has 1 fully saturated rings. The second-order valence-corrected chi connectivity index (χ2v) is 12.2. The number of halogens is 3. The first kappa shape index (κ1) is 28.3. The Hall–Kier alpha value is -4.19. The number of pyridine rings is 1. The van der Waals surface area contributed by atoms with Crippen LogP contribution in [0.5, 0.6) is 0 Å². The molecule has 12 heteroatoms. The SMILES string of the molecule is Cc1noc(C)c1-c1cc(C(=O)NCc2ccc(S(=O)(=O)C3CC3)cc2)c(=O)n(-c2cccc(C(F)(F)F)c2)c1C. The highest BCUT2D eigenvalue weighted by Gasteiger charge is 2.36. The fourth-order valence-corrected chi connectivity index (χ4v) is 6.42. The highest BCUT2D eigenvalue weighted by Crippen LogP contribution is 2.34. The van der Waals surface area contributed by atoms with Gasteiger partial charge in [-0.1, -0.05) is 23.4 Å². The van der Waals surface area contributed by atoms with Crippen molar-refractivity contribution in [1.29, 1.82) is 0 Å². The molecular formula is C29H26F3N3O5S. The van der Waals surface area contributed by atoms with Gasteiger partial charge in [-0.25, -0.2) is 8.42 Å². The van der Waals surface area contributed by atoms with E-state index < -0.39 is 33.0 Å². The Bertz CT molecular complexity index is 1800. The van der Waals surface area contributed by atoms with Gasteiger partial charge >= 0.3 is 6.18 Å². The molecule has 2 aromatic carbocycles. The molecule has 1 N–H and O–H groups in total. The van der Waals surface area contributed by atoms with Gasteiger partial charge in [0.15, 0.2) is 9.84 Å². The van der Waals surface area contributed by atoms with Crippen molar-refractivity contribution in [3.05, 3.63) is 98.8 Å². The summed E-state index contributed by atoms with van der Waals surface area (Å²) in [5.74, 6) is -0.342. The van der Waals surface area contributed by atoms with E-state index in [4.69, 9.17) is 4.52 Å². The smallest absolute Gasteiger partial charge is 0.361 e. The molecule has 41 heavy (non-hydrogen) atoms. The average Bonchev–Trinajstić information content (AvgIpc) is 3.74. The predicted molar refractivity (Wildman–Crippen MR) is 145 cm³/mol. The normalized spacial score (nSPS) is 13.8. The molecule has 1 aliphatic rings. The van der Waals surface area contributed by atoms with Gasteiger partial charge in [0.2, 0.25) is 0 Å². The second kappa shape index (κ2) is 10.3. The first-order valence-electron chi connectivity index (χ1n) is 12.8. The third-order valence-corrected chi connectivity index (χ3v) is 9.37. The summed E-state index contributed by atoms with van der Waals surface area (Å²) in [6.07, 6.45) is -3.35. The Morgan fingerprint density at radius 3 is 2.34 bits per heavy atom. The number of aryl methyl sites for hydroxylation is 2. The van der Waals surface area contributed by atoms with Crippen LogP contribution in [-0.4, -0.2) is 29.3 Å². The first-order chi connectivity index (χ1) is 19.3. The molecule has 2 aromatic heterocycles. The Morgan fingerprint density at radius 1 is 1.07 bits per heavy atom. The van der Waals surface area contributed by atoms with Crippen molar-refractivity contribution in [2.45, 2.75) is 56.5 Å². The van der Waals surface area contributed by atoms with Crippen LogP contribution in [0.25, 0.3) is 16.8 Å². The topological polar surface area (TPSA) is 111 Å². The second-order valence-electron chi connectivity index (χ2n) is 10.0. The van der Waals surface area contributed by atoms with Gasteiger partial charge in [0.1, 0.15) is 11.3 Å². The van der Waals surface area contributed by atoms with E-state index in [2.05, 4.69) is 10.5 Å². The average molecular weight is 586 g/mol. The molecular weight excluding hydrogens is 559 g/mol. The number of alkyl halides is 3. The molecule has 5 rings (SSSR count). The number of nitrogens with one attached hydrogen (secondary N) is 1. The van der Waals surface area contributed by atoms with E-state index in [0.717, 1.165) is 16.7 Å². The zero-order valence-corrected chi connectivity index (χ0v) is 23.2. The van der Waals surface area contributed by atoms with E-state index in [1.165, 1.54) is 30.3 Å². The van der Waals surface area contributed by atoms with Crippen molar-refractivity contribution >= 4 is 15.7 Å². The quantitative estimate of drug-likeness (QED) is 0.315. The van der Waals surface area contributed by atoms with E-state index in [-0.39, 0.29) is 27.9 Å². The van der Waals surface area contributed by atoms with E-state index in [9.17, 15) is 31.2 Å². The van der Waals surface area contributed by atoms with Crippen LogP contribution in [0.2, 0.25) is 0 Å². The van der Waals surface area contributed by atoms with E-state index in [1.807, 2.05) is 0 Å². The zero-order chi connectivity index (χ0) is 29.7. The fourth-order valence-electron chi connectivity index (χ4n) is 4.76. The molecule has 0 atom stereocenters. The maximum Gasteiger partial charge on any atom is 0.416 e. The van der Waals surface area contributed by atoms with E-state index in [0.29, 0.717) is 46.7 Å². The number of aromatic nitrogens is 2. The summed E-state index contributed by atoms with van der Waals surface area (Å²) in [5, 5.41) is 6.26. The molecule has 214 valence electrons. The molecule has 0 unspecified atom stereocenters. The fraction of sp³-hybridized carbons (Fsp3) is 0.276. The highest BCUT2D eigenvalue weighted by atomic mass is 32.2. The van der Waals surface area contributed by atoms with E-state index in [1.54, 1.807) is 32.9 Å². The molecule has 2 heterocycles. The van der Waals surface area contributed by atoms with Crippen molar-refractivity contribution in [1.82, 2.24) is 15.0 Å². The van der Waals surface area contributed by atoms with Gasteiger partial charge in [0.25, 0.3) is 11.5 Å². The van der Waals surface area contributed by atoms with Crippen molar-refractivity contribution in [2.75, 3.05) is 0 Å². The number of hydrogen-bond acceptors (Lipinski definition) is 6. The molecule has 0 saturated heterocycles. The minimum Gasteiger partial charge on any atom is -0.361 e. The van der Waals surface area contributed by atoms with Crippen molar-refractivity contribution < 1.29 is 30.9 Å². The lowest BCUT2D eigenvalue weighted by molar-refractivity contribution is -0.137. The highest BCUT2D eigenvalue weighted by molar-refractivity contribution is 7.92. The minimum absolute atomic E-state index is 0.0138. The van der Waals surface area contributed by atoms with Gasteiger partial charge < -0.3 is 9.84 Å². The summed E-state index contributed by atoms with van der Waals surface area (Å²) in [7, 11) is -3.36. The number of nitrogens with zero attached hydrogens (tertiary/aromatic N) is 2. The van der Waals surface area contributed by atoms with Gasteiger partial charge in [0.05, 0.1) is 21.4 Å². The lowest BCUT2D eigenvalue weighted by Crippen LogP contribution is -2.33. The number of carbonyl (C=O) groups is 1. The maximum atomic E-state index is 13.6. The van der Waals surface area contributed by atoms with Gasteiger partial charge in [-0.2, -0.15) is 13.2 Å². The molecule has 0 aliphatic heterocycles. The molecule has 1 aliphatic carbocycles. The third-order valence-electron chi connectivity index (χ3n) is 7.09. The van der Waals surface area contributed by atoms with Gasteiger partial charge in [-0.3, -0.25) is 14.2 Å². The summed E-state index contributed by atoms with van der Waals surface area (Å²) in [4.78, 5) is 27.2. The number of hydrogen-bond donors (Lipinski definition) is 1. The van der Waals surface area contributed by atoms with Gasteiger partial charge in [0, 0.05) is 29.1 Å². The Kier molecular flexibility index (Phi) is 7.14. The molecule has 8 nitrogen and oxygen atoms in total. The largest absolute Gasteiger partial charge is 0.416 e. The van der Waals surface area contributed by atoms with Crippen LogP contribution >= 0.6 is 0 Å². The summed E-state index contributed by atoms with van der Waals surface area (Å²) in [6.45, 7) is 4.89. The Balaban J connectivity index is 1.54. The Labute approximate surface area is 233 Å². The van der Waals surface area contributed by atoms with Crippen LogP contribution in [0, 0.1) is 20.8 Å². The third kappa shape index (κ3) is 5.43. The number of rotatable bonds is 7. The standard InChI is InChI=1S/C29H26F3N3O5S/c1-16-26(18(3)40-34-16)24-14-25(28(37)35(17(24)2)21-6-4-5-20(13-21)29(30,31)32)27(36)33-15-19-7-9-22(10-8-19)41(38,39)23-11-12-23/h4-10,13-14,23H,11-12,15H2,1-3H3,(H,33,36). The molecule has 0 spiro atoms. The summed E-state index contributed by atoms with van der Waals surface area (Å²) in [5.41, 5.74) is 0.198. The number of sulfone groups is 1. The number of benzene rings is 2. The van der Waals surface area contributed by atoms with Crippen LogP contribution in [0.4, 0.5) is 13.2 Å². The van der Waals surface area contributed by atoms with Crippen molar-refractivity contribution in [2.24, 2.45) is 0 Å². The first-order valence-corrected chi connectivity index (χ1v) is 14.3. The number of carbonyl (C=O) groups excluding carboxylic acids is 1. The van der Waals surface area contributed by atoms with Crippen LogP contribution in [0.1, 0.15) is 51.5 Å². The van der Waals surface area contributed by atoms with Crippen LogP contribution in [0.3, 0.4) is 0 Å². The summed E-state index contributed by atoms with van der Waals surface area (Å²) < 4.78 is 71.7. The van der Waals surface area contributed by atoms with Gasteiger partial charge in [-0.05, 0) is 75.6 Å². The van der Waals surface area contributed by atoms with Crippen molar-refractivity contribution in [3.8, 4) is 16.8 Å². The Morgan fingerprint density at radius 2 is 1.76 bits per heavy atom. The molecule has 4 aromatic rings.